The highest BCUT2D eigenvalue weighted by atomic mass is 16.4. The minimum Gasteiger partial charge on any atom is -0.494 e. The second-order valence-electron chi connectivity index (χ2n) is 7.99. The minimum absolute atomic E-state index is 0.0437. The largest absolute Gasteiger partial charge is 0.494 e. The predicted octanol–water partition coefficient (Wildman–Crippen LogP) is 1.44. The number of carbonyl (C=O) groups excluding carboxylic acids is 3. The van der Waals surface area contributed by atoms with Gasteiger partial charge in [-0.3, -0.25) is 24.5 Å². The summed E-state index contributed by atoms with van der Waals surface area (Å²) in [6.45, 7) is 1.44. The van der Waals surface area contributed by atoms with E-state index >= 15 is 0 Å². The molecule has 2 unspecified atom stereocenters. The van der Waals surface area contributed by atoms with Crippen LogP contribution in [0.4, 0.5) is 0 Å². The van der Waals surface area contributed by atoms with Gasteiger partial charge in [0.2, 0.25) is 12.3 Å². The van der Waals surface area contributed by atoms with Crippen LogP contribution in [0.2, 0.25) is 0 Å². The van der Waals surface area contributed by atoms with Crippen LogP contribution < -0.4 is 10.6 Å². The summed E-state index contributed by atoms with van der Waals surface area (Å²) in [6, 6.07) is -0.0986. The van der Waals surface area contributed by atoms with Crippen molar-refractivity contribution in [2.45, 2.75) is 76.8 Å². The van der Waals surface area contributed by atoms with Crippen molar-refractivity contribution in [2.75, 3.05) is 6.54 Å². The lowest BCUT2D eigenvalue weighted by molar-refractivity contribution is -0.140. The molecule has 0 heterocycles. The van der Waals surface area contributed by atoms with Crippen LogP contribution in [0.25, 0.3) is 0 Å². The molecule has 9 heteroatoms. The SMILES string of the molecule is CC1CCCC(N(C(=O)/C(C(=O)NCC(=O)O)=C(/O)NC=O)C2CCCCC2)C1. The van der Waals surface area contributed by atoms with E-state index in [9.17, 15) is 24.3 Å². The third-order valence-electron chi connectivity index (χ3n) is 5.78. The first-order chi connectivity index (χ1) is 13.8. The molecule has 0 aromatic carbocycles. The molecule has 2 saturated carbocycles. The summed E-state index contributed by atoms with van der Waals surface area (Å²) in [4.78, 5) is 49.3. The van der Waals surface area contributed by atoms with E-state index in [0.29, 0.717) is 5.92 Å². The Hall–Kier alpha value is -2.58. The highest BCUT2D eigenvalue weighted by Crippen LogP contribution is 2.33. The topological polar surface area (TPSA) is 136 Å². The highest BCUT2D eigenvalue weighted by molar-refractivity contribution is 6.19. The number of aliphatic hydroxyl groups is 1. The van der Waals surface area contributed by atoms with Crippen molar-refractivity contribution in [1.82, 2.24) is 15.5 Å². The summed E-state index contributed by atoms with van der Waals surface area (Å²) in [5.41, 5.74) is -0.623. The molecule has 3 amide bonds. The fraction of sp³-hybridized carbons (Fsp3) is 0.700. The summed E-state index contributed by atoms with van der Waals surface area (Å²) < 4.78 is 0. The van der Waals surface area contributed by atoms with E-state index in [2.05, 4.69) is 12.2 Å². The molecule has 2 aliphatic rings. The standard InChI is InChI=1S/C20H31N3O6/c1-13-6-5-9-15(10-13)23(14-7-3-2-4-8-14)20(29)17(19(28)22-12-24)18(27)21-11-16(25)26/h12-15,28H,2-11H2,1H3,(H,21,27)(H,22,24)(H,25,26)/b19-17+. The van der Waals surface area contributed by atoms with Crippen molar-refractivity contribution < 1.29 is 29.4 Å². The Morgan fingerprint density at radius 1 is 1.00 bits per heavy atom. The van der Waals surface area contributed by atoms with Crippen LogP contribution in [0.15, 0.2) is 11.5 Å². The fourth-order valence-corrected chi connectivity index (χ4v) is 4.45. The zero-order valence-electron chi connectivity index (χ0n) is 16.9. The lowest BCUT2D eigenvalue weighted by Gasteiger charge is -2.43. The van der Waals surface area contributed by atoms with Gasteiger partial charge in [0, 0.05) is 12.1 Å². The number of aliphatic carboxylic acids is 1. The van der Waals surface area contributed by atoms with E-state index < -0.39 is 35.8 Å². The van der Waals surface area contributed by atoms with E-state index in [4.69, 9.17) is 5.11 Å². The van der Waals surface area contributed by atoms with Gasteiger partial charge in [-0.2, -0.15) is 0 Å². The molecule has 0 aromatic rings. The van der Waals surface area contributed by atoms with Gasteiger partial charge in [-0.25, -0.2) is 0 Å². The monoisotopic (exact) mass is 409 g/mol. The summed E-state index contributed by atoms with van der Waals surface area (Å²) >= 11 is 0. The van der Waals surface area contributed by atoms with Crippen LogP contribution in [0.5, 0.6) is 0 Å². The number of aliphatic hydroxyl groups excluding tert-OH is 1. The third-order valence-corrected chi connectivity index (χ3v) is 5.78. The van der Waals surface area contributed by atoms with E-state index in [1.54, 1.807) is 4.90 Å². The maximum Gasteiger partial charge on any atom is 0.322 e. The molecule has 2 atom stereocenters. The summed E-state index contributed by atoms with van der Waals surface area (Å²) in [5.74, 6) is -3.38. The second kappa shape index (κ2) is 10.8. The number of rotatable bonds is 8. The average molecular weight is 409 g/mol. The Balaban J connectivity index is 2.36. The van der Waals surface area contributed by atoms with Crippen molar-refractivity contribution in [3.05, 3.63) is 11.5 Å². The van der Waals surface area contributed by atoms with Crippen molar-refractivity contribution in [2.24, 2.45) is 5.92 Å². The van der Waals surface area contributed by atoms with Crippen LogP contribution in [-0.4, -0.2) is 57.9 Å². The first-order valence-corrected chi connectivity index (χ1v) is 10.3. The Labute approximate surface area is 170 Å². The van der Waals surface area contributed by atoms with Crippen LogP contribution in [0.1, 0.15) is 64.7 Å². The Bertz CT molecular complexity index is 657. The number of carboxylic acids is 1. The fourth-order valence-electron chi connectivity index (χ4n) is 4.45. The molecular weight excluding hydrogens is 378 g/mol. The normalized spacial score (nSPS) is 23.5. The number of nitrogens with zero attached hydrogens (tertiary/aromatic N) is 1. The van der Waals surface area contributed by atoms with Crippen LogP contribution >= 0.6 is 0 Å². The third kappa shape index (κ3) is 6.20. The van der Waals surface area contributed by atoms with Gasteiger partial charge < -0.3 is 20.4 Å². The Morgan fingerprint density at radius 2 is 1.66 bits per heavy atom. The summed E-state index contributed by atoms with van der Waals surface area (Å²) in [5, 5.41) is 23.1. The van der Waals surface area contributed by atoms with E-state index in [-0.39, 0.29) is 18.5 Å². The van der Waals surface area contributed by atoms with Gasteiger partial charge in [0.25, 0.3) is 11.8 Å². The molecule has 0 aromatic heterocycles. The minimum atomic E-state index is -1.28. The van der Waals surface area contributed by atoms with Gasteiger partial charge in [-0.15, -0.1) is 0 Å². The molecule has 2 aliphatic carbocycles. The molecule has 0 aliphatic heterocycles. The number of nitrogens with one attached hydrogen (secondary N) is 2. The smallest absolute Gasteiger partial charge is 0.322 e. The van der Waals surface area contributed by atoms with E-state index in [1.807, 2.05) is 5.32 Å². The first-order valence-electron chi connectivity index (χ1n) is 10.3. The van der Waals surface area contributed by atoms with Gasteiger partial charge in [-0.05, 0) is 31.6 Å². The van der Waals surface area contributed by atoms with Crippen molar-refractivity contribution in [3.63, 3.8) is 0 Å². The molecule has 29 heavy (non-hydrogen) atoms. The van der Waals surface area contributed by atoms with Gasteiger partial charge >= 0.3 is 5.97 Å². The molecule has 2 rings (SSSR count). The zero-order valence-corrected chi connectivity index (χ0v) is 16.9. The number of carboxylic acid groups (broad SMARTS) is 1. The molecule has 9 nitrogen and oxygen atoms in total. The maximum absolute atomic E-state index is 13.5. The number of amides is 3. The number of carbonyl (C=O) groups is 4. The van der Waals surface area contributed by atoms with E-state index in [0.717, 1.165) is 57.8 Å². The van der Waals surface area contributed by atoms with E-state index in [1.165, 1.54) is 0 Å². The molecular formula is C20H31N3O6. The second-order valence-corrected chi connectivity index (χ2v) is 7.99. The molecule has 0 spiro atoms. The zero-order chi connectivity index (χ0) is 21.4. The maximum atomic E-state index is 13.5. The molecule has 0 saturated heterocycles. The van der Waals surface area contributed by atoms with Gasteiger partial charge in [0.05, 0.1) is 0 Å². The van der Waals surface area contributed by atoms with Gasteiger partial charge in [0.15, 0.2) is 5.57 Å². The van der Waals surface area contributed by atoms with Crippen molar-refractivity contribution in [3.8, 4) is 0 Å². The predicted molar refractivity (Wildman–Crippen MR) is 105 cm³/mol. The van der Waals surface area contributed by atoms with Crippen LogP contribution in [0.3, 0.4) is 0 Å². The number of hydrogen-bond acceptors (Lipinski definition) is 5. The number of hydrogen-bond donors (Lipinski definition) is 4. The summed E-state index contributed by atoms with van der Waals surface area (Å²) in [6.07, 6.45) is 8.57. The molecule has 162 valence electrons. The Morgan fingerprint density at radius 3 is 2.24 bits per heavy atom. The first kappa shape index (κ1) is 22.7. The quantitative estimate of drug-likeness (QED) is 0.157. The van der Waals surface area contributed by atoms with Crippen molar-refractivity contribution >= 4 is 24.2 Å². The van der Waals surface area contributed by atoms with Gasteiger partial charge in [0.1, 0.15) is 6.54 Å². The van der Waals surface area contributed by atoms with Crippen LogP contribution in [0, 0.1) is 5.92 Å². The summed E-state index contributed by atoms with van der Waals surface area (Å²) in [7, 11) is 0. The Kier molecular flexibility index (Phi) is 8.48. The molecule has 2 fully saturated rings. The van der Waals surface area contributed by atoms with Crippen molar-refractivity contribution in [1.29, 1.82) is 0 Å². The van der Waals surface area contributed by atoms with Gasteiger partial charge in [-0.1, -0.05) is 39.0 Å². The van der Waals surface area contributed by atoms with Crippen LogP contribution in [-0.2, 0) is 19.2 Å². The molecule has 0 bridgehead atoms. The molecule has 0 radical (unpaired) electrons. The lowest BCUT2D eigenvalue weighted by atomic mass is 9.83. The average Bonchev–Trinajstić information content (AvgIpc) is 2.68. The lowest BCUT2D eigenvalue weighted by Crippen LogP contribution is -2.52. The molecule has 4 N–H and O–H groups in total. The highest BCUT2D eigenvalue weighted by Gasteiger charge is 2.38.